The fourth-order valence-corrected chi connectivity index (χ4v) is 8.70. The number of rotatable bonds is 2. The summed E-state index contributed by atoms with van der Waals surface area (Å²) in [6, 6.07) is 9.37. The summed E-state index contributed by atoms with van der Waals surface area (Å²) in [4.78, 5) is 28.5. The minimum Gasteiger partial charge on any atom is -0.368 e. The number of ketones is 1. The molecular formula is C36H46N2O2. The Labute approximate surface area is 241 Å². The molecule has 4 nitrogen and oxygen atoms in total. The second-order valence-corrected chi connectivity index (χ2v) is 14.3. The van der Waals surface area contributed by atoms with Crippen LogP contribution in [0.2, 0.25) is 0 Å². The molecule has 0 radical (unpaired) electrons. The fourth-order valence-electron chi connectivity index (χ4n) is 8.70. The Morgan fingerprint density at radius 2 is 1.70 bits per heavy atom. The molecular weight excluding hydrogens is 492 g/mol. The number of carbonyl (C=O) groups is 2. The van der Waals surface area contributed by atoms with Gasteiger partial charge in [-0.3, -0.25) is 9.59 Å². The molecule has 1 aromatic carbocycles. The first-order valence-corrected chi connectivity index (χ1v) is 15.6. The van der Waals surface area contributed by atoms with Gasteiger partial charge in [-0.25, -0.2) is 0 Å². The van der Waals surface area contributed by atoms with Crippen molar-refractivity contribution in [3.63, 3.8) is 0 Å². The van der Waals surface area contributed by atoms with Crippen molar-refractivity contribution in [1.29, 1.82) is 0 Å². The van der Waals surface area contributed by atoms with E-state index >= 15 is 0 Å². The number of hydrogen-bond donors (Lipinski definition) is 0. The van der Waals surface area contributed by atoms with E-state index in [1.165, 1.54) is 41.7 Å². The summed E-state index contributed by atoms with van der Waals surface area (Å²) < 4.78 is 0. The molecule has 40 heavy (non-hydrogen) atoms. The van der Waals surface area contributed by atoms with Gasteiger partial charge in [0.2, 0.25) is 5.91 Å². The first kappa shape index (κ1) is 27.4. The highest BCUT2D eigenvalue weighted by Crippen LogP contribution is 2.65. The van der Waals surface area contributed by atoms with E-state index in [0.29, 0.717) is 35.9 Å². The van der Waals surface area contributed by atoms with E-state index in [1.807, 2.05) is 11.0 Å². The molecule has 212 valence electrons. The monoisotopic (exact) mass is 538 g/mol. The Hall–Kier alpha value is -2.80. The number of amides is 1. The Balaban J connectivity index is 1.35. The molecule has 5 aliphatic rings. The van der Waals surface area contributed by atoms with Crippen LogP contribution in [-0.2, 0) is 9.59 Å². The number of anilines is 1. The molecule has 6 rings (SSSR count). The van der Waals surface area contributed by atoms with Crippen LogP contribution in [0, 0.1) is 40.4 Å². The van der Waals surface area contributed by atoms with Crippen LogP contribution in [-0.4, -0.2) is 42.8 Å². The zero-order chi connectivity index (χ0) is 28.2. The minimum absolute atomic E-state index is 0.0283. The van der Waals surface area contributed by atoms with Gasteiger partial charge in [0.25, 0.3) is 0 Å². The van der Waals surface area contributed by atoms with Crippen molar-refractivity contribution in [2.24, 2.45) is 28.6 Å². The number of fused-ring (bicyclic) bond motifs is 4. The molecule has 1 heterocycles. The van der Waals surface area contributed by atoms with E-state index < -0.39 is 0 Å². The third kappa shape index (κ3) is 4.95. The third-order valence-corrected chi connectivity index (χ3v) is 10.7. The number of carbonyl (C=O) groups excluding carboxylic acids is 2. The molecule has 5 atom stereocenters. The second-order valence-electron chi connectivity index (χ2n) is 14.3. The van der Waals surface area contributed by atoms with Crippen LogP contribution >= 0.6 is 0 Å². The molecule has 1 amide bonds. The Morgan fingerprint density at radius 3 is 2.38 bits per heavy atom. The largest absolute Gasteiger partial charge is 0.368 e. The highest BCUT2D eigenvalue weighted by atomic mass is 16.2. The van der Waals surface area contributed by atoms with Gasteiger partial charge in [0.05, 0.1) is 0 Å². The number of allylic oxidation sites excluding steroid dienone is 4. The summed E-state index contributed by atoms with van der Waals surface area (Å²) in [7, 11) is 0. The van der Waals surface area contributed by atoms with Crippen LogP contribution in [0.1, 0.15) is 91.0 Å². The van der Waals surface area contributed by atoms with Crippen molar-refractivity contribution in [2.45, 2.75) is 85.5 Å². The molecule has 0 N–H and O–H groups in total. The summed E-state index contributed by atoms with van der Waals surface area (Å²) in [6.45, 7) is 14.3. The lowest BCUT2D eigenvalue weighted by Gasteiger charge is -2.52. The van der Waals surface area contributed by atoms with Gasteiger partial charge in [0.1, 0.15) is 0 Å². The normalized spacial score (nSPS) is 32.0. The number of benzene rings is 1. The molecule has 0 aromatic heterocycles. The van der Waals surface area contributed by atoms with Crippen LogP contribution in [0.4, 0.5) is 5.69 Å². The molecule has 4 aliphatic carbocycles. The lowest BCUT2D eigenvalue weighted by Crippen LogP contribution is -2.48. The van der Waals surface area contributed by atoms with Crippen LogP contribution < -0.4 is 4.90 Å². The molecule has 0 bridgehead atoms. The zero-order valence-corrected chi connectivity index (χ0v) is 25.2. The maximum atomic E-state index is 12.4. The van der Waals surface area contributed by atoms with Crippen molar-refractivity contribution in [3.05, 3.63) is 52.6 Å². The van der Waals surface area contributed by atoms with Gasteiger partial charge in [-0.1, -0.05) is 36.5 Å². The highest BCUT2D eigenvalue weighted by Gasteiger charge is 2.56. The third-order valence-electron chi connectivity index (χ3n) is 10.7. The van der Waals surface area contributed by atoms with E-state index in [1.54, 1.807) is 12.5 Å². The summed E-state index contributed by atoms with van der Waals surface area (Å²) in [5.74, 6) is 10.0. The number of piperazine rings is 1. The Morgan fingerprint density at radius 1 is 0.975 bits per heavy atom. The van der Waals surface area contributed by atoms with Gasteiger partial charge < -0.3 is 9.80 Å². The van der Waals surface area contributed by atoms with Crippen molar-refractivity contribution >= 4 is 17.4 Å². The average Bonchev–Trinajstić information content (AvgIpc) is 3.26. The van der Waals surface area contributed by atoms with Gasteiger partial charge >= 0.3 is 0 Å². The van der Waals surface area contributed by atoms with Gasteiger partial charge in [0.15, 0.2) is 5.78 Å². The maximum Gasteiger partial charge on any atom is 0.219 e. The molecule has 0 spiro atoms. The van der Waals surface area contributed by atoms with Crippen molar-refractivity contribution in [1.82, 2.24) is 4.90 Å². The molecule has 1 aliphatic heterocycles. The van der Waals surface area contributed by atoms with Gasteiger partial charge in [-0.15, -0.1) is 0 Å². The highest BCUT2D eigenvalue weighted by molar-refractivity contribution is 5.93. The number of nitrogens with zero attached hydrogens (tertiary/aromatic N) is 2. The lowest BCUT2D eigenvalue weighted by molar-refractivity contribution is -0.129. The molecule has 3 fully saturated rings. The topological polar surface area (TPSA) is 40.6 Å². The van der Waals surface area contributed by atoms with Gasteiger partial charge in [0, 0.05) is 62.5 Å². The smallest absolute Gasteiger partial charge is 0.219 e. The Bertz CT molecular complexity index is 1310. The molecule has 1 saturated heterocycles. The fraction of sp³-hybridized carbons (Fsp3) is 0.611. The first-order chi connectivity index (χ1) is 19.0. The van der Waals surface area contributed by atoms with Gasteiger partial charge in [-0.05, 0) is 111 Å². The summed E-state index contributed by atoms with van der Waals surface area (Å²) in [6.07, 6.45) is 9.42. The van der Waals surface area contributed by atoms with E-state index in [9.17, 15) is 9.59 Å². The predicted molar refractivity (Wildman–Crippen MR) is 162 cm³/mol. The van der Waals surface area contributed by atoms with E-state index in [0.717, 1.165) is 45.4 Å². The number of hydrogen-bond acceptors (Lipinski definition) is 3. The van der Waals surface area contributed by atoms with Gasteiger partial charge in [-0.2, -0.15) is 0 Å². The minimum atomic E-state index is 0.0283. The van der Waals surface area contributed by atoms with Crippen LogP contribution in [0.15, 0.2) is 47.1 Å². The van der Waals surface area contributed by atoms with Crippen molar-refractivity contribution in [2.75, 3.05) is 31.1 Å². The van der Waals surface area contributed by atoms with Crippen molar-refractivity contribution < 1.29 is 9.59 Å². The first-order valence-electron chi connectivity index (χ1n) is 15.6. The molecule has 1 aromatic rings. The Kier molecular flexibility index (Phi) is 7.00. The van der Waals surface area contributed by atoms with E-state index in [4.69, 9.17) is 0 Å². The van der Waals surface area contributed by atoms with E-state index in [-0.39, 0.29) is 16.7 Å². The van der Waals surface area contributed by atoms with Crippen molar-refractivity contribution in [3.8, 4) is 11.8 Å². The van der Waals surface area contributed by atoms with Crippen LogP contribution in [0.3, 0.4) is 0 Å². The lowest BCUT2D eigenvalue weighted by atomic mass is 9.52. The second kappa shape index (κ2) is 10.2. The van der Waals surface area contributed by atoms with Crippen LogP contribution in [0.25, 0.3) is 0 Å². The predicted octanol–water partition coefficient (Wildman–Crippen LogP) is 6.92. The molecule has 4 heteroatoms. The summed E-state index contributed by atoms with van der Waals surface area (Å²) in [5, 5.41) is 0. The standard InChI is InChI=1S/C36H46N2O2/c1-24(39)37-18-20-38(21-19-37)28-10-6-25(7-11-28)32-23-36(5)27(16-17-35(2,3)4)9-15-33(36)31-13-8-26-22-29(40)12-14-30(26)34(31)32/h6-7,10-11,22,27,31-33H,8-9,12-15,18-21,23H2,1-5H3/t27-,31-,32+,33-,36+/m0/s1. The zero-order valence-electron chi connectivity index (χ0n) is 25.2. The molecule has 0 unspecified atom stereocenters. The summed E-state index contributed by atoms with van der Waals surface area (Å²) in [5.41, 5.74) is 7.44. The molecule has 2 saturated carbocycles. The summed E-state index contributed by atoms with van der Waals surface area (Å²) >= 11 is 0. The quantitative estimate of drug-likeness (QED) is 0.384. The maximum absolute atomic E-state index is 12.4. The van der Waals surface area contributed by atoms with Crippen LogP contribution in [0.5, 0.6) is 0 Å². The van der Waals surface area contributed by atoms with E-state index in [2.05, 4.69) is 68.7 Å². The SMILES string of the molecule is CC(=O)N1CCN(c2ccc([C@H]3C[C@]4(C)[C@H](C#CC(C)(C)C)CC[C@H]4[C@@H]4CCC5=CC(=O)CCC5=C43)cc2)CC1. The average molecular weight is 539 g/mol.